The Morgan fingerprint density at radius 2 is 1.89 bits per heavy atom. The number of nitro groups is 1. The Morgan fingerprint density at radius 3 is 2.46 bits per heavy atom. The quantitative estimate of drug-likeness (QED) is 0.604. The summed E-state index contributed by atoms with van der Waals surface area (Å²) in [6.07, 6.45) is 1.41. The fourth-order valence-electron chi connectivity index (χ4n) is 2.87. The number of carbonyl (C=O) groups is 2. The number of carbonyl (C=O) groups excluding carboxylic acids is 2. The molecule has 1 heterocycles. The van der Waals surface area contributed by atoms with Gasteiger partial charge in [-0.2, -0.15) is 0 Å². The van der Waals surface area contributed by atoms with Crippen molar-refractivity contribution in [1.82, 2.24) is 9.47 Å². The highest BCUT2D eigenvalue weighted by atomic mass is 16.6. The number of rotatable bonds is 6. The summed E-state index contributed by atoms with van der Waals surface area (Å²) in [5, 5.41) is 13.6. The maximum absolute atomic E-state index is 12.6. The van der Waals surface area contributed by atoms with Gasteiger partial charge in [-0.1, -0.05) is 6.07 Å². The van der Waals surface area contributed by atoms with Gasteiger partial charge in [-0.05, 0) is 32.9 Å². The molecule has 0 atom stereocenters. The van der Waals surface area contributed by atoms with E-state index in [2.05, 4.69) is 5.32 Å². The van der Waals surface area contributed by atoms with Crippen LogP contribution in [0.1, 0.15) is 40.1 Å². The largest absolute Gasteiger partial charge is 0.339 e. The smallest absolute Gasteiger partial charge is 0.274 e. The Hall–Kier alpha value is -3.49. The first kappa shape index (κ1) is 20.8. The molecular weight excluding hydrogens is 364 g/mol. The molecule has 2 rings (SSSR count). The highest BCUT2D eigenvalue weighted by Crippen LogP contribution is 2.22. The Balaban J connectivity index is 2.43. The van der Waals surface area contributed by atoms with Crippen LogP contribution in [-0.2, 0) is 7.05 Å². The zero-order chi connectivity index (χ0) is 21.0. The van der Waals surface area contributed by atoms with Crippen LogP contribution in [0.5, 0.6) is 0 Å². The van der Waals surface area contributed by atoms with Crippen molar-refractivity contribution in [3.63, 3.8) is 0 Å². The van der Waals surface area contributed by atoms with E-state index in [9.17, 15) is 24.5 Å². The molecular formula is C19H22N4O5. The van der Waals surface area contributed by atoms with Crippen LogP contribution < -0.4 is 10.9 Å². The minimum Gasteiger partial charge on any atom is -0.339 e. The van der Waals surface area contributed by atoms with Crippen LogP contribution in [0.4, 0.5) is 11.4 Å². The van der Waals surface area contributed by atoms with Gasteiger partial charge in [0.1, 0.15) is 5.69 Å². The summed E-state index contributed by atoms with van der Waals surface area (Å²) in [5.41, 5.74) is -0.222. The van der Waals surface area contributed by atoms with Gasteiger partial charge in [-0.25, -0.2) is 0 Å². The summed E-state index contributed by atoms with van der Waals surface area (Å²) in [6, 6.07) is 5.47. The van der Waals surface area contributed by atoms with E-state index in [1.165, 1.54) is 49.0 Å². The van der Waals surface area contributed by atoms with Crippen LogP contribution >= 0.6 is 0 Å². The lowest BCUT2D eigenvalue weighted by Crippen LogP contribution is -2.32. The summed E-state index contributed by atoms with van der Waals surface area (Å²) in [6.45, 7) is 6.17. The van der Waals surface area contributed by atoms with Gasteiger partial charge >= 0.3 is 0 Å². The number of aromatic nitrogens is 1. The summed E-state index contributed by atoms with van der Waals surface area (Å²) in [7, 11) is 1.48. The van der Waals surface area contributed by atoms with Crippen molar-refractivity contribution in [2.75, 3.05) is 18.4 Å². The first-order chi connectivity index (χ1) is 13.2. The van der Waals surface area contributed by atoms with Crippen molar-refractivity contribution in [3.05, 3.63) is 67.6 Å². The monoisotopic (exact) mass is 386 g/mol. The zero-order valence-corrected chi connectivity index (χ0v) is 16.2. The molecule has 0 aliphatic carbocycles. The van der Waals surface area contributed by atoms with Crippen LogP contribution in [0.25, 0.3) is 0 Å². The van der Waals surface area contributed by atoms with Crippen molar-refractivity contribution in [2.45, 2.75) is 20.8 Å². The molecule has 148 valence electrons. The molecule has 1 aromatic heterocycles. The minimum atomic E-state index is -0.661. The first-order valence-corrected chi connectivity index (χ1v) is 8.76. The predicted octanol–water partition coefficient (Wildman–Crippen LogP) is 2.34. The van der Waals surface area contributed by atoms with E-state index in [0.29, 0.717) is 13.1 Å². The fourth-order valence-corrected chi connectivity index (χ4v) is 2.87. The molecule has 0 fully saturated rings. The second-order valence-electron chi connectivity index (χ2n) is 6.20. The van der Waals surface area contributed by atoms with Crippen molar-refractivity contribution in [2.24, 2.45) is 7.05 Å². The number of nitrogens with one attached hydrogen (secondary N) is 1. The molecule has 1 aromatic carbocycles. The van der Waals surface area contributed by atoms with E-state index in [1.54, 1.807) is 4.90 Å². The van der Waals surface area contributed by atoms with Crippen molar-refractivity contribution in [1.29, 1.82) is 0 Å². The molecule has 0 spiro atoms. The van der Waals surface area contributed by atoms with Crippen LogP contribution in [0.15, 0.2) is 35.3 Å². The standard InChI is InChI=1S/C19H22N4O5/c1-5-22(6-2)18(25)13-10-15(19(26)21(4)11-13)20-17(24)14-8-7-9-16(12(14)3)23(27)28/h7-11H,5-6H2,1-4H3,(H,20,24). The Morgan fingerprint density at radius 1 is 1.25 bits per heavy atom. The molecule has 9 nitrogen and oxygen atoms in total. The topological polar surface area (TPSA) is 115 Å². The van der Waals surface area contributed by atoms with Gasteiger partial charge in [0.25, 0.3) is 23.1 Å². The van der Waals surface area contributed by atoms with E-state index in [-0.39, 0.29) is 34.0 Å². The molecule has 2 aromatic rings. The maximum atomic E-state index is 12.6. The second kappa shape index (κ2) is 8.47. The molecule has 0 unspecified atom stereocenters. The third-order valence-corrected chi connectivity index (χ3v) is 4.48. The minimum absolute atomic E-state index is 0.0728. The lowest BCUT2D eigenvalue weighted by Gasteiger charge is -2.19. The lowest BCUT2D eigenvalue weighted by molar-refractivity contribution is -0.385. The van der Waals surface area contributed by atoms with Gasteiger partial charge in [-0.15, -0.1) is 0 Å². The van der Waals surface area contributed by atoms with Gasteiger partial charge in [0.15, 0.2) is 0 Å². The molecule has 28 heavy (non-hydrogen) atoms. The van der Waals surface area contributed by atoms with E-state index < -0.39 is 16.4 Å². The maximum Gasteiger partial charge on any atom is 0.274 e. The number of nitrogens with zero attached hydrogens (tertiary/aromatic N) is 3. The number of pyridine rings is 1. The van der Waals surface area contributed by atoms with Crippen LogP contribution in [-0.4, -0.2) is 39.3 Å². The number of benzene rings is 1. The van der Waals surface area contributed by atoms with E-state index in [0.717, 1.165) is 0 Å². The summed E-state index contributed by atoms with van der Waals surface area (Å²) in [4.78, 5) is 49.7. The van der Waals surface area contributed by atoms with E-state index >= 15 is 0 Å². The van der Waals surface area contributed by atoms with Crippen molar-refractivity contribution in [3.8, 4) is 0 Å². The van der Waals surface area contributed by atoms with Gasteiger partial charge in [0.05, 0.1) is 10.5 Å². The lowest BCUT2D eigenvalue weighted by atomic mass is 10.1. The molecule has 0 aliphatic rings. The number of hydrogen-bond acceptors (Lipinski definition) is 5. The van der Waals surface area contributed by atoms with E-state index in [1.807, 2.05) is 13.8 Å². The molecule has 0 saturated carbocycles. The molecule has 0 aliphatic heterocycles. The first-order valence-electron chi connectivity index (χ1n) is 8.76. The van der Waals surface area contributed by atoms with E-state index in [4.69, 9.17) is 0 Å². The number of nitro benzene ring substituents is 1. The average Bonchev–Trinajstić information content (AvgIpc) is 2.65. The third kappa shape index (κ3) is 4.08. The van der Waals surface area contributed by atoms with Gasteiger partial charge < -0.3 is 14.8 Å². The Labute approximate surface area is 161 Å². The molecule has 0 bridgehead atoms. The Bertz CT molecular complexity index is 992. The highest BCUT2D eigenvalue weighted by Gasteiger charge is 2.20. The molecule has 0 radical (unpaired) electrons. The second-order valence-corrected chi connectivity index (χ2v) is 6.20. The number of anilines is 1. The number of aryl methyl sites for hydroxylation is 1. The summed E-state index contributed by atoms with van der Waals surface area (Å²) >= 11 is 0. The van der Waals surface area contributed by atoms with Crippen LogP contribution in [0.2, 0.25) is 0 Å². The predicted molar refractivity (Wildman–Crippen MR) is 105 cm³/mol. The molecule has 0 saturated heterocycles. The molecule has 1 N–H and O–H groups in total. The average molecular weight is 386 g/mol. The zero-order valence-electron chi connectivity index (χ0n) is 16.2. The SMILES string of the molecule is CCN(CC)C(=O)c1cc(NC(=O)c2cccc([N+](=O)[O-])c2C)c(=O)n(C)c1. The Kier molecular flexibility index (Phi) is 6.29. The third-order valence-electron chi connectivity index (χ3n) is 4.48. The highest BCUT2D eigenvalue weighted by molar-refractivity contribution is 6.06. The fraction of sp³-hybridized carbons (Fsp3) is 0.316. The number of hydrogen-bond donors (Lipinski definition) is 1. The van der Waals surface area contributed by atoms with Crippen molar-refractivity contribution < 1.29 is 14.5 Å². The molecule has 9 heteroatoms. The van der Waals surface area contributed by atoms with Gasteiger partial charge in [0, 0.05) is 43.5 Å². The summed E-state index contributed by atoms with van der Waals surface area (Å²) in [5.74, 6) is -0.923. The van der Waals surface area contributed by atoms with Crippen molar-refractivity contribution >= 4 is 23.2 Å². The summed E-state index contributed by atoms with van der Waals surface area (Å²) < 4.78 is 1.21. The molecule has 2 amide bonds. The normalized spacial score (nSPS) is 10.4. The van der Waals surface area contributed by atoms with Crippen LogP contribution in [0.3, 0.4) is 0 Å². The van der Waals surface area contributed by atoms with Gasteiger partial charge in [-0.3, -0.25) is 24.5 Å². The number of amides is 2. The van der Waals surface area contributed by atoms with Gasteiger partial charge in [0.2, 0.25) is 0 Å². The van der Waals surface area contributed by atoms with Crippen LogP contribution in [0, 0.1) is 17.0 Å².